The zero-order valence-electron chi connectivity index (χ0n) is 10.5. The highest BCUT2D eigenvalue weighted by molar-refractivity contribution is 5.01. The normalized spacial score (nSPS) is 26.5. The molecule has 0 aliphatic carbocycles. The molecule has 1 N–H and O–H groups in total. The molecule has 1 aliphatic heterocycles. The van der Waals surface area contributed by atoms with Gasteiger partial charge in [-0.2, -0.15) is 0 Å². The van der Waals surface area contributed by atoms with Crippen molar-refractivity contribution in [2.24, 2.45) is 0 Å². The molecule has 1 fully saturated rings. The summed E-state index contributed by atoms with van der Waals surface area (Å²) in [6, 6.07) is 0. The van der Waals surface area contributed by atoms with Gasteiger partial charge in [-0.05, 0) is 33.4 Å². The summed E-state index contributed by atoms with van der Waals surface area (Å²) in [5, 5.41) is 3.13. The van der Waals surface area contributed by atoms with E-state index in [0.717, 1.165) is 26.2 Å². The minimum Gasteiger partial charge on any atom is -0.370 e. The van der Waals surface area contributed by atoms with Crippen LogP contribution in [0, 0.1) is 0 Å². The molecule has 1 heterocycles. The van der Waals surface area contributed by atoms with Crippen LogP contribution in [0.25, 0.3) is 0 Å². The van der Waals surface area contributed by atoms with Gasteiger partial charge in [-0.3, -0.25) is 4.90 Å². The SMILES string of the molecule is C=C(CNC)CN1CC(C)OC(C)(C)C1. The smallest absolute Gasteiger partial charge is 0.0757 e. The van der Waals surface area contributed by atoms with Crippen LogP contribution in [-0.4, -0.2) is 49.8 Å². The van der Waals surface area contributed by atoms with Crippen molar-refractivity contribution in [2.45, 2.75) is 32.5 Å². The van der Waals surface area contributed by atoms with Crippen molar-refractivity contribution >= 4 is 0 Å². The molecule has 0 aromatic heterocycles. The third-order valence-corrected chi connectivity index (χ3v) is 2.51. The van der Waals surface area contributed by atoms with Crippen LogP contribution >= 0.6 is 0 Å². The van der Waals surface area contributed by atoms with Gasteiger partial charge in [0, 0.05) is 26.2 Å². The van der Waals surface area contributed by atoms with Crippen molar-refractivity contribution in [1.82, 2.24) is 10.2 Å². The number of nitrogens with zero attached hydrogens (tertiary/aromatic N) is 1. The van der Waals surface area contributed by atoms with E-state index in [2.05, 4.69) is 37.6 Å². The lowest BCUT2D eigenvalue weighted by Crippen LogP contribution is -2.52. The number of likely N-dealkylation sites (N-methyl/N-ethyl adjacent to an activating group) is 1. The summed E-state index contributed by atoms with van der Waals surface area (Å²) in [5.41, 5.74) is 1.21. The van der Waals surface area contributed by atoms with Crippen molar-refractivity contribution in [3.8, 4) is 0 Å². The van der Waals surface area contributed by atoms with E-state index in [1.165, 1.54) is 5.57 Å². The first kappa shape index (κ1) is 12.7. The van der Waals surface area contributed by atoms with Crippen LogP contribution in [0.3, 0.4) is 0 Å². The second-order valence-corrected chi connectivity index (χ2v) is 5.14. The summed E-state index contributed by atoms with van der Waals surface area (Å²) in [5.74, 6) is 0. The summed E-state index contributed by atoms with van der Waals surface area (Å²) in [6.45, 7) is 14.4. The maximum absolute atomic E-state index is 5.86. The Morgan fingerprint density at radius 3 is 2.80 bits per heavy atom. The zero-order chi connectivity index (χ0) is 11.5. The molecule has 1 saturated heterocycles. The molecule has 0 saturated carbocycles. The molecule has 0 spiro atoms. The maximum Gasteiger partial charge on any atom is 0.0757 e. The number of ether oxygens (including phenoxy) is 1. The van der Waals surface area contributed by atoms with E-state index in [0.29, 0.717) is 6.10 Å². The van der Waals surface area contributed by atoms with Gasteiger partial charge in [-0.25, -0.2) is 0 Å². The Bertz CT molecular complexity index is 226. The third-order valence-electron chi connectivity index (χ3n) is 2.51. The Hall–Kier alpha value is -0.380. The maximum atomic E-state index is 5.86. The number of rotatable bonds is 4. The van der Waals surface area contributed by atoms with Crippen LogP contribution in [0.5, 0.6) is 0 Å². The number of hydrogen-bond acceptors (Lipinski definition) is 3. The van der Waals surface area contributed by atoms with E-state index in [4.69, 9.17) is 4.74 Å². The molecule has 88 valence electrons. The van der Waals surface area contributed by atoms with Crippen LogP contribution in [-0.2, 0) is 4.74 Å². The lowest BCUT2D eigenvalue weighted by atomic mass is 10.0. The summed E-state index contributed by atoms with van der Waals surface area (Å²) in [7, 11) is 1.96. The van der Waals surface area contributed by atoms with E-state index >= 15 is 0 Å². The van der Waals surface area contributed by atoms with Gasteiger partial charge in [0.2, 0.25) is 0 Å². The van der Waals surface area contributed by atoms with Crippen molar-refractivity contribution in [2.75, 3.05) is 33.2 Å². The second-order valence-electron chi connectivity index (χ2n) is 5.14. The monoisotopic (exact) mass is 212 g/mol. The number of nitrogens with one attached hydrogen (secondary N) is 1. The summed E-state index contributed by atoms with van der Waals surface area (Å²) in [4.78, 5) is 2.42. The van der Waals surface area contributed by atoms with E-state index in [-0.39, 0.29) is 5.60 Å². The van der Waals surface area contributed by atoms with Crippen LogP contribution < -0.4 is 5.32 Å². The quantitative estimate of drug-likeness (QED) is 0.710. The second kappa shape index (κ2) is 5.10. The highest BCUT2D eigenvalue weighted by atomic mass is 16.5. The van der Waals surface area contributed by atoms with E-state index < -0.39 is 0 Å². The average molecular weight is 212 g/mol. The van der Waals surface area contributed by atoms with Crippen LogP contribution in [0.1, 0.15) is 20.8 Å². The van der Waals surface area contributed by atoms with E-state index in [9.17, 15) is 0 Å². The third kappa shape index (κ3) is 4.33. The van der Waals surface area contributed by atoms with Gasteiger partial charge in [0.1, 0.15) is 0 Å². The molecule has 15 heavy (non-hydrogen) atoms. The minimum atomic E-state index is -0.0302. The predicted molar refractivity (Wildman–Crippen MR) is 64.1 cm³/mol. The molecule has 0 aromatic rings. The van der Waals surface area contributed by atoms with E-state index in [1.807, 2.05) is 7.05 Å². The Morgan fingerprint density at radius 1 is 1.60 bits per heavy atom. The lowest BCUT2D eigenvalue weighted by molar-refractivity contribution is -0.126. The minimum absolute atomic E-state index is 0.0302. The molecule has 3 nitrogen and oxygen atoms in total. The van der Waals surface area contributed by atoms with Gasteiger partial charge >= 0.3 is 0 Å². The van der Waals surface area contributed by atoms with Gasteiger partial charge in [-0.1, -0.05) is 6.58 Å². The first-order valence-electron chi connectivity index (χ1n) is 5.64. The van der Waals surface area contributed by atoms with Crippen molar-refractivity contribution in [1.29, 1.82) is 0 Å². The van der Waals surface area contributed by atoms with Gasteiger partial charge < -0.3 is 10.1 Å². The van der Waals surface area contributed by atoms with Crippen LogP contribution in [0.4, 0.5) is 0 Å². The number of morpholine rings is 1. The van der Waals surface area contributed by atoms with Gasteiger partial charge in [-0.15, -0.1) is 0 Å². The van der Waals surface area contributed by atoms with Gasteiger partial charge in [0.05, 0.1) is 11.7 Å². The molecule has 0 bridgehead atoms. The zero-order valence-corrected chi connectivity index (χ0v) is 10.5. The van der Waals surface area contributed by atoms with Crippen LogP contribution in [0.2, 0.25) is 0 Å². The van der Waals surface area contributed by atoms with E-state index in [1.54, 1.807) is 0 Å². The molecular weight excluding hydrogens is 188 g/mol. The van der Waals surface area contributed by atoms with Crippen molar-refractivity contribution in [3.05, 3.63) is 12.2 Å². The highest BCUT2D eigenvalue weighted by Gasteiger charge is 2.30. The molecular formula is C12H24N2O. The summed E-state index contributed by atoms with van der Waals surface area (Å²) in [6.07, 6.45) is 0.316. The lowest BCUT2D eigenvalue weighted by Gasteiger charge is -2.42. The Labute approximate surface area is 93.5 Å². The van der Waals surface area contributed by atoms with Crippen LogP contribution in [0.15, 0.2) is 12.2 Å². The van der Waals surface area contributed by atoms with Crippen molar-refractivity contribution in [3.63, 3.8) is 0 Å². The fourth-order valence-corrected chi connectivity index (χ4v) is 2.33. The summed E-state index contributed by atoms with van der Waals surface area (Å²) < 4.78 is 5.86. The Morgan fingerprint density at radius 2 is 2.27 bits per heavy atom. The highest BCUT2D eigenvalue weighted by Crippen LogP contribution is 2.20. The molecule has 0 radical (unpaired) electrons. The largest absolute Gasteiger partial charge is 0.370 e. The number of hydrogen-bond donors (Lipinski definition) is 1. The van der Waals surface area contributed by atoms with Gasteiger partial charge in [0.15, 0.2) is 0 Å². The predicted octanol–water partition coefficient (Wildman–Crippen LogP) is 1.26. The molecule has 1 rings (SSSR count). The Kier molecular flexibility index (Phi) is 4.32. The average Bonchev–Trinajstić information content (AvgIpc) is 1.99. The van der Waals surface area contributed by atoms with Crippen molar-refractivity contribution < 1.29 is 4.74 Å². The topological polar surface area (TPSA) is 24.5 Å². The fraction of sp³-hybridized carbons (Fsp3) is 0.833. The Balaban J connectivity index is 2.45. The first-order chi connectivity index (χ1) is 6.93. The fourth-order valence-electron chi connectivity index (χ4n) is 2.33. The first-order valence-corrected chi connectivity index (χ1v) is 5.64. The molecule has 0 aromatic carbocycles. The molecule has 3 heteroatoms. The molecule has 0 amide bonds. The molecule has 1 atom stereocenters. The molecule has 1 aliphatic rings. The molecule has 1 unspecified atom stereocenters. The van der Waals surface area contributed by atoms with Gasteiger partial charge in [0.25, 0.3) is 0 Å². The summed E-state index contributed by atoms with van der Waals surface area (Å²) >= 11 is 0. The standard InChI is InChI=1S/C12H24N2O/c1-10(6-13-5)7-14-8-11(2)15-12(3,4)9-14/h11,13H,1,6-9H2,2-5H3.